The molecule has 2 fully saturated rings. The van der Waals surface area contributed by atoms with Crippen LogP contribution in [-0.4, -0.2) is 37.2 Å². The van der Waals surface area contributed by atoms with E-state index in [2.05, 4.69) is 11.8 Å². The van der Waals surface area contributed by atoms with E-state index in [0.29, 0.717) is 0 Å². The highest BCUT2D eigenvalue weighted by atomic mass is 35.5. The first-order chi connectivity index (χ1) is 6.36. The SMILES string of the molecule is CC1CCCC(N2CCOCC2)C1.Cl. The Morgan fingerprint density at radius 2 is 1.86 bits per heavy atom. The van der Waals surface area contributed by atoms with Gasteiger partial charge in [0.2, 0.25) is 0 Å². The summed E-state index contributed by atoms with van der Waals surface area (Å²) in [6.07, 6.45) is 5.72. The number of hydrogen-bond acceptors (Lipinski definition) is 2. The van der Waals surface area contributed by atoms with Gasteiger partial charge in [0, 0.05) is 19.1 Å². The zero-order valence-electron chi connectivity index (χ0n) is 9.08. The van der Waals surface area contributed by atoms with Gasteiger partial charge in [0.25, 0.3) is 0 Å². The largest absolute Gasteiger partial charge is 0.379 e. The van der Waals surface area contributed by atoms with Crippen molar-refractivity contribution in [3.05, 3.63) is 0 Å². The van der Waals surface area contributed by atoms with Crippen molar-refractivity contribution in [1.29, 1.82) is 0 Å². The van der Waals surface area contributed by atoms with E-state index in [9.17, 15) is 0 Å². The van der Waals surface area contributed by atoms with E-state index in [4.69, 9.17) is 4.74 Å². The molecule has 84 valence electrons. The first-order valence-corrected chi connectivity index (χ1v) is 5.68. The van der Waals surface area contributed by atoms with Crippen LogP contribution >= 0.6 is 12.4 Å². The first-order valence-electron chi connectivity index (χ1n) is 5.68. The highest BCUT2D eigenvalue weighted by Gasteiger charge is 2.25. The van der Waals surface area contributed by atoms with Crippen LogP contribution in [0.15, 0.2) is 0 Å². The molecule has 0 bridgehead atoms. The molecular formula is C11H22ClNO. The molecule has 0 radical (unpaired) electrons. The summed E-state index contributed by atoms with van der Waals surface area (Å²) in [5.74, 6) is 0.946. The minimum absolute atomic E-state index is 0. The fraction of sp³-hybridized carbons (Fsp3) is 1.00. The predicted molar refractivity (Wildman–Crippen MR) is 61.1 cm³/mol. The first kappa shape index (κ1) is 12.3. The topological polar surface area (TPSA) is 12.5 Å². The molecule has 1 heterocycles. The summed E-state index contributed by atoms with van der Waals surface area (Å²) in [6.45, 7) is 6.62. The van der Waals surface area contributed by atoms with Crippen molar-refractivity contribution in [3.8, 4) is 0 Å². The normalized spacial score (nSPS) is 34.9. The zero-order chi connectivity index (χ0) is 9.10. The highest BCUT2D eigenvalue weighted by molar-refractivity contribution is 5.85. The van der Waals surface area contributed by atoms with E-state index in [1.54, 1.807) is 0 Å². The Hall–Kier alpha value is 0.210. The van der Waals surface area contributed by atoms with Gasteiger partial charge in [-0.1, -0.05) is 19.8 Å². The van der Waals surface area contributed by atoms with Gasteiger partial charge in [-0.2, -0.15) is 0 Å². The molecule has 0 aromatic carbocycles. The molecule has 1 saturated heterocycles. The van der Waals surface area contributed by atoms with Crippen molar-refractivity contribution in [2.24, 2.45) is 5.92 Å². The van der Waals surface area contributed by atoms with Crippen LogP contribution in [0.5, 0.6) is 0 Å². The van der Waals surface area contributed by atoms with E-state index in [-0.39, 0.29) is 12.4 Å². The van der Waals surface area contributed by atoms with Gasteiger partial charge in [-0.15, -0.1) is 12.4 Å². The minimum Gasteiger partial charge on any atom is -0.379 e. The van der Waals surface area contributed by atoms with Gasteiger partial charge in [-0.25, -0.2) is 0 Å². The summed E-state index contributed by atoms with van der Waals surface area (Å²) >= 11 is 0. The molecular weight excluding hydrogens is 198 g/mol. The van der Waals surface area contributed by atoms with Crippen molar-refractivity contribution in [3.63, 3.8) is 0 Å². The maximum atomic E-state index is 5.38. The molecule has 1 aliphatic carbocycles. The lowest BCUT2D eigenvalue weighted by Gasteiger charge is -2.38. The third kappa shape index (κ3) is 3.11. The molecule has 0 aromatic rings. The van der Waals surface area contributed by atoms with Crippen LogP contribution in [0.4, 0.5) is 0 Å². The van der Waals surface area contributed by atoms with E-state index in [1.165, 1.54) is 25.7 Å². The average molecular weight is 220 g/mol. The number of morpholine rings is 1. The van der Waals surface area contributed by atoms with Gasteiger partial charge in [0.15, 0.2) is 0 Å². The van der Waals surface area contributed by atoms with Crippen LogP contribution in [0.2, 0.25) is 0 Å². The fourth-order valence-corrected chi connectivity index (χ4v) is 2.68. The summed E-state index contributed by atoms with van der Waals surface area (Å²) in [4.78, 5) is 2.64. The van der Waals surface area contributed by atoms with E-state index >= 15 is 0 Å². The van der Waals surface area contributed by atoms with Gasteiger partial charge < -0.3 is 4.74 Å². The molecule has 1 saturated carbocycles. The van der Waals surface area contributed by atoms with Crippen LogP contribution < -0.4 is 0 Å². The fourth-order valence-electron chi connectivity index (χ4n) is 2.68. The Labute approximate surface area is 93.4 Å². The molecule has 2 atom stereocenters. The molecule has 2 unspecified atom stereocenters. The second kappa shape index (κ2) is 5.94. The monoisotopic (exact) mass is 219 g/mol. The minimum atomic E-state index is 0. The summed E-state index contributed by atoms with van der Waals surface area (Å²) < 4.78 is 5.38. The van der Waals surface area contributed by atoms with Crippen LogP contribution in [0.3, 0.4) is 0 Å². The number of ether oxygens (including phenoxy) is 1. The van der Waals surface area contributed by atoms with Crippen LogP contribution in [0.1, 0.15) is 32.6 Å². The highest BCUT2D eigenvalue weighted by Crippen LogP contribution is 2.27. The van der Waals surface area contributed by atoms with Gasteiger partial charge in [-0.3, -0.25) is 4.90 Å². The summed E-state index contributed by atoms with van der Waals surface area (Å²) in [5.41, 5.74) is 0. The second-order valence-corrected chi connectivity index (χ2v) is 4.57. The average Bonchev–Trinajstić information content (AvgIpc) is 2.19. The van der Waals surface area contributed by atoms with Crippen LogP contribution in [0.25, 0.3) is 0 Å². The standard InChI is InChI=1S/C11H21NO.ClH/c1-10-3-2-4-11(9-10)12-5-7-13-8-6-12;/h10-11H,2-9H2,1H3;1H. The number of nitrogens with zero attached hydrogens (tertiary/aromatic N) is 1. The van der Waals surface area contributed by atoms with Crippen LogP contribution in [0, 0.1) is 5.92 Å². The van der Waals surface area contributed by atoms with Crippen molar-refractivity contribution in [2.45, 2.75) is 38.6 Å². The van der Waals surface area contributed by atoms with E-state index in [0.717, 1.165) is 38.3 Å². The smallest absolute Gasteiger partial charge is 0.0594 e. The summed E-state index contributed by atoms with van der Waals surface area (Å²) in [7, 11) is 0. The molecule has 2 nitrogen and oxygen atoms in total. The lowest BCUT2D eigenvalue weighted by atomic mass is 9.86. The van der Waals surface area contributed by atoms with Crippen molar-refractivity contribution in [2.75, 3.05) is 26.3 Å². The van der Waals surface area contributed by atoms with Gasteiger partial charge >= 0.3 is 0 Å². The number of hydrogen-bond donors (Lipinski definition) is 0. The Kier molecular flexibility index (Phi) is 5.21. The molecule has 3 heteroatoms. The number of rotatable bonds is 1. The molecule has 2 aliphatic rings. The quantitative estimate of drug-likeness (QED) is 0.671. The Morgan fingerprint density at radius 3 is 2.50 bits per heavy atom. The maximum absolute atomic E-state index is 5.38. The predicted octanol–water partition coefficient (Wildman–Crippen LogP) is 2.32. The van der Waals surface area contributed by atoms with Crippen molar-refractivity contribution >= 4 is 12.4 Å². The van der Waals surface area contributed by atoms with E-state index in [1.807, 2.05) is 0 Å². The van der Waals surface area contributed by atoms with Crippen LogP contribution in [-0.2, 0) is 4.74 Å². The molecule has 2 rings (SSSR count). The zero-order valence-corrected chi connectivity index (χ0v) is 9.89. The Bertz CT molecular complexity index is 159. The molecule has 0 amide bonds. The van der Waals surface area contributed by atoms with Gasteiger partial charge in [0.1, 0.15) is 0 Å². The summed E-state index contributed by atoms with van der Waals surface area (Å²) in [5, 5.41) is 0. The van der Waals surface area contributed by atoms with Crippen molar-refractivity contribution in [1.82, 2.24) is 4.90 Å². The Morgan fingerprint density at radius 1 is 1.14 bits per heavy atom. The molecule has 0 aromatic heterocycles. The van der Waals surface area contributed by atoms with Gasteiger partial charge in [-0.05, 0) is 18.8 Å². The molecule has 1 aliphatic heterocycles. The van der Waals surface area contributed by atoms with E-state index < -0.39 is 0 Å². The number of halogens is 1. The lowest BCUT2D eigenvalue weighted by Crippen LogP contribution is -2.45. The lowest BCUT2D eigenvalue weighted by molar-refractivity contribution is 0.00392. The maximum Gasteiger partial charge on any atom is 0.0594 e. The third-order valence-corrected chi connectivity index (χ3v) is 3.47. The van der Waals surface area contributed by atoms with Crippen molar-refractivity contribution < 1.29 is 4.74 Å². The molecule has 0 spiro atoms. The second-order valence-electron chi connectivity index (χ2n) is 4.57. The Balaban J connectivity index is 0.000000980. The molecule has 14 heavy (non-hydrogen) atoms. The molecule has 0 N–H and O–H groups in total. The van der Waals surface area contributed by atoms with Gasteiger partial charge in [0.05, 0.1) is 13.2 Å². The third-order valence-electron chi connectivity index (χ3n) is 3.47. The summed E-state index contributed by atoms with van der Waals surface area (Å²) in [6, 6.07) is 0.868.